The summed E-state index contributed by atoms with van der Waals surface area (Å²) < 4.78 is 6.36. The summed E-state index contributed by atoms with van der Waals surface area (Å²) in [6, 6.07) is 19.1. The van der Waals surface area contributed by atoms with Gasteiger partial charge in [0.05, 0.1) is 18.0 Å². The lowest BCUT2D eigenvalue weighted by Crippen LogP contribution is -2.12. The number of hydrogen-bond donors (Lipinski definition) is 1. The molecule has 29 heavy (non-hydrogen) atoms. The van der Waals surface area contributed by atoms with Gasteiger partial charge in [-0.25, -0.2) is 4.79 Å². The van der Waals surface area contributed by atoms with Crippen molar-refractivity contribution in [2.45, 2.75) is 0 Å². The Morgan fingerprint density at radius 1 is 1.03 bits per heavy atom. The minimum atomic E-state index is -0.451. The van der Waals surface area contributed by atoms with Gasteiger partial charge in [0.1, 0.15) is 0 Å². The second kappa shape index (κ2) is 7.59. The summed E-state index contributed by atoms with van der Waals surface area (Å²) in [7, 11) is 3.13. The van der Waals surface area contributed by atoms with Crippen molar-refractivity contribution in [3.63, 3.8) is 0 Å². The van der Waals surface area contributed by atoms with E-state index in [1.165, 1.54) is 13.2 Å². The van der Waals surface area contributed by atoms with Crippen molar-refractivity contribution in [2.75, 3.05) is 12.4 Å². The maximum atomic E-state index is 12.9. The largest absolute Gasteiger partial charge is 0.466 e. The molecule has 3 aromatic carbocycles. The Balaban J connectivity index is 1.72. The van der Waals surface area contributed by atoms with Gasteiger partial charge in [0, 0.05) is 18.7 Å². The van der Waals surface area contributed by atoms with Crippen molar-refractivity contribution in [3.05, 3.63) is 77.9 Å². The normalized spacial score (nSPS) is 11.2. The summed E-state index contributed by atoms with van der Waals surface area (Å²) >= 11 is 0. The Morgan fingerprint density at radius 3 is 2.62 bits per heavy atom. The summed E-state index contributed by atoms with van der Waals surface area (Å²) in [5.41, 5.74) is 2.14. The molecule has 0 fully saturated rings. The lowest BCUT2D eigenvalue weighted by molar-refractivity contribution is -0.134. The van der Waals surface area contributed by atoms with Crippen molar-refractivity contribution >= 4 is 45.4 Å². The van der Waals surface area contributed by atoms with Crippen LogP contribution in [-0.2, 0) is 16.6 Å². The van der Waals surface area contributed by atoms with Crippen LogP contribution in [0.4, 0.5) is 5.82 Å². The molecule has 0 unspecified atom stereocenters. The number of amides is 1. The molecule has 6 heteroatoms. The second-order valence-electron chi connectivity index (χ2n) is 6.59. The van der Waals surface area contributed by atoms with Crippen LogP contribution in [0.5, 0.6) is 0 Å². The molecule has 1 heterocycles. The van der Waals surface area contributed by atoms with Crippen LogP contribution >= 0.6 is 0 Å². The van der Waals surface area contributed by atoms with Gasteiger partial charge in [-0.2, -0.15) is 5.10 Å². The molecular formula is C23H19N3O3. The van der Waals surface area contributed by atoms with Gasteiger partial charge in [0.15, 0.2) is 5.82 Å². The van der Waals surface area contributed by atoms with E-state index in [0.717, 1.165) is 27.2 Å². The van der Waals surface area contributed by atoms with E-state index in [9.17, 15) is 9.59 Å². The van der Waals surface area contributed by atoms with E-state index in [2.05, 4.69) is 15.2 Å². The Hall–Kier alpha value is -3.93. The number of aromatic nitrogens is 2. The van der Waals surface area contributed by atoms with Gasteiger partial charge in [-0.05, 0) is 40.6 Å². The molecule has 1 aromatic heterocycles. The third kappa shape index (κ3) is 3.60. The predicted molar refractivity (Wildman–Crippen MR) is 114 cm³/mol. The Morgan fingerprint density at radius 2 is 1.83 bits per heavy atom. The van der Waals surface area contributed by atoms with Crippen LogP contribution in [0.3, 0.4) is 0 Å². The van der Waals surface area contributed by atoms with Crippen molar-refractivity contribution in [1.29, 1.82) is 0 Å². The number of esters is 1. The topological polar surface area (TPSA) is 73.2 Å². The summed E-state index contributed by atoms with van der Waals surface area (Å²) in [6.45, 7) is 0. The highest BCUT2D eigenvalue weighted by molar-refractivity contribution is 6.11. The smallest absolute Gasteiger partial charge is 0.330 e. The summed E-state index contributed by atoms with van der Waals surface area (Å²) in [4.78, 5) is 24.4. The zero-order valence-corrected chi connectivity index (χ0v) is 16.0. The van der Waals surface area contributed by atoms with Crippen LogP contribution < -0.4 is 5.32 Å². The molecule has 6 nitrogen and oxygen atoms in total. The van der Waals surface area contributed by atoms with Crippen LogP contribution in [0.15, 0.2) is 66.7 Å². The number of anilines is 1. The fourth-order valence-corrected chi connectivity index (χ4v) is 3.30. The molecule has 0 saturated carbocycles. The molecule has 1 amide bonds. The number of rotatable bonds is 4. The van der Waals surface area contributed by atoms with E-state index in [1.807, 2.05) is 61.6 Å². The highest BCUT2D eigenvalue weighted by Gasteiger charge is 2.15. The molecule has 144 valence electrons. The van der Waals surface area contributed by atoms with Crippen LogP contribution in [-0.4, -0.2) is 28.8 Å². The molecule has 4 aromatic rings. The molecule has 0 bridgehead atoms. The van der Waals surface area contributed by atoms with E-state index in [0.29, 0.717) is 11.4 Å². The monoisotopic (exact) mass is 385 g/mol. The number of nitrogens with zero attached hydrogens (tertiary/aromatic N) is 2. The molecule has 0 atom stereocenters. The van der Waals surface area contributed by atoms with Crippen LogP contribution in [0, 0.1) is 0 Å². The molecule has 0 aliphatic heterocycles. The molecular weight excluding hydrogens is 366 g/mol. The van der Waals surface area contributed by atoms with Gasteiger partial charge in [0.2, 0.25) is 0 Å². The first-order chi connectivity index (χ1) is 14.1. The zero-order valence-electron chi connectivity index (χ0n) is 16.0. The Labute approximate surface area is 167 Å². The van der Waals surface area contributed by atoms with Crippen LogP contribution in [0.25, 0.3) is 27.8 Å². The lowest BCUT2D eigenvalue weighted by atomic mass is 10.1. The van der Waals surface area contributed by atoms with Crippen molar-refractivity contribution < 1.29 is 14.3 Å². The Kier molecular flexibility index (Phi) is 4.83. The van der Waals surface area contributed by atoms with Crippen LogP contribution in [0.1, 0.15) is 15.9 Å². The van der Waals surface area contributed by atoms with E-state index in [4.69, 9.17) is 0 Å². The molecule has 0 saturated heterocycles. The first-order valence-electron chi connectivity index (χ1n) is 9.09. The average molecular weight is 385 g/mol. The van der Waals surface area contributed by atoms with Gasteiger partial charge in [0.25, 0.3) is 5.91 Å². The number of carbonyl (C=O) groups is 2. The highest BCUT2D eigenvalue weighted by atomic mass is 16.5. The number of aryl methyl sites for hydroxylation is 1. The van der Waals surface area contributed by atoms with E-state index >= 15 is 0 Å². The van der Waals surface area contributed by atoms with Gasteiger partial charge in [-0.1, -0.05) is 42.5 Å². The number of ether oxygens (including phenoxy) is 1. The van der Waals surface area contributed by atoms with E-state index in [-0.39, 0.29) is 5.91 Å². The standard InChI is InChI=1S/C23H19N3O3/c1-26-19-9-5-8-16(12-13-20(27)29-2)21(19)22(25-26)24-23(28)18-11-10-15-6-3-4-7-17(15)14-18/h3-14H,1-2H3,(H,24,25,28)/b13-12+. The van der Waals surface area contributed by atoms with Gasteiger partial charge < -0.3 is 10.1 Å². The van der Waals surface area contributed by atoms with Gasteiger partial charge in [-0.15, -0.1) is 0 Å². The van der Waals surface area contributed by atoms with Crippen molar-refractivity contribution in [2.24, 2.45) is 7.05 Å². The SMILES string of the molecule is COC(=O)/C=C/c1cccc2c1c(NC(=O)c1ccc3ccccc3c1)nn2C. The molecule has 0 radical (unpaired) electrons. The number of nitrogens with one attached hydrogen (secondary N) is 1. The maximum Gasteiger partial charge on any atom is 0.330 e. The first kappa shape index (κ1) is 18.4. The zero-order chi connectivity index (χ0) is 20.4. The lowest BCUT2D eigenvalue weighted by Gasteiger charge is -2.06. The molecule has 0 aliphatic rings. The molecule has 0 aliphatic carbocycles. The van der Waals surface area contributed by atoms with Crippen LogP contribution in [0.2, 0.25) is 0 Å². The average Bonchev–Trinajstić information content (AvgIpc) is 3.07. The number of methoxy groups -OCH3 is 1. The first-order valence-corrected chi connectivity index (χ1v) is 9.09. The Bertz CT molecular complexity index is 1270. The minimum Gasteiger partial charge on any atom is -0.466 e. The summed E-state index contributed by atoms with van der Waals surface area (Å²) in [6.07, 6.45) is 3.00. The quantitative estimate of drug-likeness (QED) is 0.423. The number of benzene rings is 3. The highest BCUT2D eigenvalue weighted by Crippen LogP contribution is 2.28. The molecule has 1 N–H and O–H groups in total. The van der Waals surface area contributed by atoms with E-state index < -0.39 is 5.97 Å². The third-order valence-corrected chi connectivity index (χ3v) is 4.75. The summed E-state index contributed by atoms with van der Waals surface area (Å²) in [5.74, 6) is -0.263. The predicted octanol–water partition coefficient (Wildman–Crippen LogP) is 4.17. The number of carbonyl (C=O) groups excluding carboxylic acids is 2. The van der Waals surface area contributed by atoms with Crippen molar-refractivity contribution in [3.8, 4) is 0 Å². The molecule has 4 rings (SSSR count). The van der Waals surface area contributed by atoms with Gasteiger partial charge in [-0.3, -0.25) is 9.48 Å². The van der Waals surface area contributed by atoms with Gasteiger partial charge >= 0.3 is 5.97 Å². The third-order valence-electron chi connectivity index (χ3n) is 4.75. The number of fused-ring (bicyclic) bond motifs is 2. The minimum absolute atomic E-state index is 0.248. The maximum absolute atomic E-state index is 12.9. The fraction of sp³-hybridized carbons (Fsp3) is 0.0870. The molecule has 0 spiro atoms. The second-order valence-corrected chi connectivity index (χ2v) is 6.59. The van der Waals surface area contributed by atoms with E-state index in [1.54, 1.807) is 16.8 Å². The fourth-order valence-electron chi connectivity index (χ4n) is 3.30. The summed E-state index contributed by atoms with van der Waals surface area (Å²) in [5, 5.41) is 10.2. The number of hydrogen-bond acceptors (Lipinski definition) is 4. The van der Waals surface area contributed by atoms with Crippen molar-refractivity contribution in [1.82, 2.24) is 9.78 Å².